The van der Waals surface area contributed by atoms with Crippen LogP contribution in [0.25, 0.3) is 0 Å². The van der Waals surface area contributed by atoms with Gasteiger partial charge in [-0.2, -0.15) is 11.8 Å². The molecule has 0 radical (unpaired) electrons. The largest absolute Gasteiger partial charge is 0.493 e. The quantitative estimate of drug-likeness (QED) is 0.845. The zero-order valence-corrected chi connectivity index (χ0v) is 13.9. The molecule has 1 heterocycles. The van der Waals surface area contributed by atoms with Gasteiger partial charge in [0.2, 0.25) is 0 Å². The standard InChI is InChI=1S/C18H27NOS/c1-2-19-17(13-21-15-8-4-3-5-9-15)16-10-6-7-14-11-12-20-18(14)16/h6-7,10,15,17,19H,2-5,8-9,11-13H2,1H3. The molecule has 0 spiro atoms. The number of hydrogen-bond donors (Lipinski definition) is 1. The normalized spacial score (nSPS) is 20.0. The first-order valence-electron chi connectivity index (χ1n) is 8.48. The van der Waals surface area contributed by atoms with E-state index >= 15 is 0 Å². The van der Waals surface area contributed by atoms with Gasteiger partial charge in [-0.15, -0.1) is 0 Å². The van der Waals surface area contributed by atoms with Gasteiger partial charge in [0, 0.05) is 29.0 Å². The topological polar surface area (TPSA) is 21.3 Å². The maximum absolute atomic E-state index is 5.90. The maximum Gasteiger partial charge on any atom is 0.127 e. The first-order valence-corrected chi connectivity index (χ1v) is 9.53. The second kappa shape index (κ2) is 7.55. The molecule has 3 rings (SSSR count). The molecule has 1 aliphatic heterocycles. The van der Waals surface area contributed by atoms with E-state index in [1.807, 2.05) is 0 Å². The second-order valence-corrected chi connectivity index (χ2v) is 7.47. The zero-order chi connectivity index (χ0) is 14.5. The number of benzene rings is 1. The summed E-state index contributed by atoms with van der Waals surface area (Å²) in [6.07, 6.45) is 8.17. The molecule has 1 fully saturated rings. The Bertz CT molecular complexity index is 457. The van der Waals surface area contributed by atoms with Gasteiger partial charge in [-0.1, -0.05) is 44.4 Å². The zero-order valence-electron chi connectivity index (χ0n) is 13.1. The summed E-state index contributed by atoms with van der Waals surface area (Å²) >= 11 is 2.17. The molecule has 0 amide bonds. The van der Waals surface area contributed by atoms with Crippen molar-refractivity contribution in [1.29, 1.82) is 0 Å². The summed E-state index contributed by atoms with van der Waals surface area (Å²) in [7, 11) is 0. The van der Waals surface area contributed by atoms with Gasteiger partial charge in [-0.25, -0.2) is 0 Å². The van der Waals surface area contributed by atoms with Crippen LogP contribution in [0.15, 0.2) is 18.2 Å². The van der Waals surface area contributed by atoms with Crippen molar-refractivity contribution in [3.63, 3.8) is 0 Å². The van der Waals surface area contributed by atoms with Crippen LogP contribution >= 0.6 is 11.8 Å². The lowest BCUT2D eigenvalue weighted by atomic mass is 10.0. The molecule has 0 bridgehead atoms. The smallest absolute Gasteiger partial charge is 0.127 e. The van der Waals surface area contributed by atoms with Gasteiger partial charge >= 0.3 is 0 Å². The fourth-order valence-electron chi connectivity index (χ4n) is 3.48. The maximum atomic E-state index is 5.90. The van der Waals surface area contributed by atoms with Crippen LogP contribution in [0.1, 0.15) is 56.2 Å². The van der Waals surface area contributed by atoms with Crippen LogP contribution in [0.2, 0.25) is 0 Å². The first-order chi connectivity index (χ1) is 10.4. The van der Waals surface area contributed by atoms with E-state index in [9.17, 15) is 0 Å². The minimum Gasteiger partial charge on any atom is -0.493 e. The Morgan fingerprint density at radius 2 is 2.14 bits per heavy atom. The van der Waals surface area contributed by atoms with Crippen LogP contribution in [-0.2, 0) is 6.42 Å². The molecule has 1 unspecified atom stereocenters. The summed E-state index contributed by atoms with van der Waals surface area (Å²) in [6.45, 7) is 4.06. The highest BCUT2D eigenvalue weighted by Gasteiger charge is 2.23. The van der Waals surface area contributed by atoms with E-state index in [0.717, 1.165) is 30.6 Å². The molecule has 1 aliphatic carbocycles. The van der Waals surface area contributed by atoms with Crippen LogP contribution in [0.4, 0.5) is 0 Å². The van der Waals surface area contributed by atoms with E-state index in [0.29, 0.717) is 6.04 Å². The molecule has 116 valence electrons. The van der Waals surface area contributed by atoms with E-state index in [1.165, 1.54) is 49.0 Å². The van der Waals surface area contributed by atoms with Crippen LogP contribution in [-0.4, -0.2) is 24.2 Å². The van der Waals surface area contributed by atoms with E-state index in [1.54, 1.807) is 0 Å². The van der Waals surface area contributed by atoms with Gasteiger partial charge in [0.15, 0.2) is 0 Å². The average Bonchev–Trinajstić information content (AvgIpc) is 3.01. The number of thioether (sulfide) groups is 1. The molecule has 3 heteroatoms. The molecule has 1 saturated carbocycles. The SMILES string of the molecule is CCNC(CSC1CCCCC1)c1cccc2c1OCC2. The van der Waals surface area contributed by atoms with Gasteiger partial charge in [-0.3, -0.25) is 0 Å². The fourth-order valence-corrected chi connectivity index (χ4v) is 4.91. The van der Waals surface area contributed by atoms with Crippen LogP contribution in [0.3, 0.4) is 0 Å². The van der Waals surface area contributed by atoms with Gasteiger partial charge in [-0.05, 0) is 24.9 Å². The Morgan fingerprint density at radius 3 is 2.95 bits per heavy atom. The monoisotopic (exact) mass is 305 g/mol. The first kappa shape index (κ1) is 15.2. The van der Waals surface area contributed by atoms with Crippen LogP contribution in [0, 0.1) is 0 Å². The Balaban J connectivity index is 1.67. The number of ether oxygens (including phenoxy) is 1. The molecule has 2 nitrogen and oxygen atoms in total. The summed E-state index contributed by atoms with van der Waals surface area (Å²) in [5.41, 5.74) is 2.76. The van der Waals surface area contributed by atoms with Crippen LogP contribution in [0.5, 0.6) is 5.75 Å². The van der Waals surface area contributed by atoms with Crippen molar-refractivity contribution in [2.24, 2.45) is 0 Å². The van der Waals surface area contributed by atoms with Gasteiger partial charge < -0.3 is 10.1 Å². The van der Waals surface area contributed by atoms with Gasteiger partial charge in [0.1, 0.15) is 5.75 Å². The predicted octanol–water partition coefficient (Wildman–Crippen LogP) is 4.34. The lowest BCUT2D eigenvalue weighted by Crippen LogP contribution is -2.24. The van der Waals surface area contributed by atoms with Crippen molar-refractivity contribution in [1.82, 2.24) is 5.32 Å². The third kappa shape index (κ3) is 3.75. The molecular weight excluding hydrogens is 278 g/mol. The van der Waals surface area contributed by atoms with Crippen molar-refractivity contribution < 1.29 is 4.74 Å². The summed E-state index contributed by atoms with van der Waals surface area (Å²) < 4.78 is 5.90. The number of hydrogen-bond acceptors (Lipinski definition) is 3. The molecule has 1 atom stereocenters. The van der Waals surface area contributed by atoms with E-state index in [4.69, 9.17) is 4.74 Å². The van der Waals surface area contributed by atoms with Crippen molar-refractivity contribution in [2.75, 3.05) is 18.9 Å². The molecule has 0 saturated heterocycles. The van der Waals surface area contributed by atoms with Crippen molar-refractivity contribution >= 4 is 11.8 Å². The number of fused-ring (bicyclic) bond motifs is 1. The third-order valence-corrected chi connectivity index (χ3v) is 6.09. The Kier molecular flexibility index (Phi) is 5.48. The van der Waals surface area contributed by atoms with E-state index < -0.39 is 0 Å². The molecule has 2 aliphatic rings. The van der Waals surface area contributed by atoms with Crippen molar-refractivity contribution in [3.05, 3.63) is 29.3 Å². The predicted molar refractivity (Wildman–Crippen MR) is 91.4 cm³/mol. The summed E-state index contributed by atoms with van der Waals surface area (Å²) in [5, 5.41) is 4.54. The highest BCUT2D eigenvalue weighted by atomic mass is 32.2. The number of nitrogens with one attached hydrogen (secondary N) is 1. The lowest BCUT2D eigenvalue weighted by Gasteiger charge is -2.25. The molecule has 0 aromatic heterocycles. The number of para-hydroxylation sites is 1. The van der Waals surface area contributed by atoms with E-state index in [2.05, 4.69) is 42.2 Å². The van der Waals surface area contributed by atoms with E-state index in [-0.39, 0.29) is 0 Å². The Morgan fingerprint density at radius 1 is 1.29 bits per heavy atom. The molecule has 1 aromatic rings. The highest BCUT2D eigenvalue weighted by molar-refractivity contribution is 7.99. The summed E-state index contributed by atoms with van der Waals surface area (Å²) in [5.74, 6) is 2.32. The van der Waals surface area contributed by atoms with Gasteiger partial charge in [0.05, 0.1) is 6.61 Å². The van der Waals surface area contributed by atoms with Crippen molar-refractivity contribution in [3.8, 4) is 5.75 Å². The van der Waals surface area contributed by atoms with Gasteiger partial charge in [0.25, 0.3) is 0 Å². The molecule has 21 heavy (non-hydrogen) atoms. The minimum atomic E-state index is 0.426. The third-order valence-electron chi connectivity index (χ3n) is 4.62. The van der Waals surface area contributed by atoms with Crippen molar-refractivity contribution in [2.45, 2.75) is 56.7 Å². The minimum absolute atomic E-state index is 0.426. The Labute approximate surface area is 133 Å². The summed E-state index contributed by atoms with van der Waals surface area (Å²) in [4.78, 5) is 0. The molecular formula is C18H27NOS. The Hall–Kier alpha value is -0.670. The van der Waals surface area contributed by atoms with Crippen LogP contribution < -0.4 is 10.1 Å². The summed E-state index contributed by atoms with van der Waals surface area (Å²) in [6, 6.07) is 7.08. The fraction of sp³-hybridized carbons (Fsp3) is 0.667. The highest BCUT2D eigenvalue weighted by Crippen LogP contribution is 2.36. The number of rotatable bonds is 6. The lowest BCUT2D eigenvalue weighted by molar-refractivity contribution is 0.350. The second-order valence-electron chi connectivity index (χ2n) is 6.14. The molecule has 1 aromatic carbocycles. The molecule has 1 N–H and O–H groups in total. The average molecular weight is 305 g/mol.